The molecule has 1 aromatic rings. The Morgan fingerprint density at radius 1 is 1.50 bits per heavy atom. The van der Waals surface area contributed by atoms with Crippen molar-refractivity contribution in [2.24, 2.45) is 0 Å². The molecule has 0 radical (unpaired) electrons. The second-order valence-electron chi connectivity index (χ2n) is 3.78. The molecule has 18 heavy (non-hydrogen) atoms. The molecule has 5 nitrogen and oxygen atoms in total. The maximum atomic E-state index is 11.8. The molecule has 1 saturated heterocycles. The van der Waals surface area contributed by atoms with Crippen LogP contribution in [0, 0.1) is 0 Å². The molecule has 94 valence electrons. The molecule has 1 aliphatic rings. The Hall–Kier alpha value is -2.30. The van der Waals surface area contributed by atoms with E-state index in [4.69, 9.17) is 9.47 Å². The Morgan fingerprint density at radius 2 is 2.22 bits per heavy atom. The Bertz CT molecular complexity index is 457. The predicted octanol–water partition coefficient (Wildman–Crippen LogP) is 1.69. The van der Waals surface area contributed by atoms with Gasteiger partial charge in [0.2, 0.25) is 0 Å². The maximum Gasteiger partial charge on any atom is 0.413 e. The van der Waals surface area contributed by atoms with Gasteiger partial charge >= 0.3 is 12.1 Å². The van der Waals surface area contributed by atoms with Gasteiger partial charge in [0.1, 0.15) is 6.61 Å². The van der Waals surface area contributed by atoms with Gasteiger partial charge in [0, 0.05) is 0 Å². The van der Waals surface area contributed by atoms with Crippen LogP contribution in [0.4, 0.5) is 4.79 Å². The van der Waals surface area contributed by atoms with Gasteiger partial charge in [0.25, 0.3) is 0 Å². The normalized spacial score (nSPS) is 18.3. The van der Waals surface area contributed by atoms with Crippen molar-refractivity contribution in [3.8, 4) is 0 Å². The van der Waals surface area contributed by atoms with Gasteiger partial charge in [-0.15, -0.1) is 6.58 Å². The lowest BCUT2D eigenvalue weighted by Gasteiger charge is -2.16. The summed E-state index contributed by atoms with van der Waals surface area (Å²) in [5, 5.41) is 0. The number of ether oxygens (including phenoxy) is 2. The highest BCUT2D eigenvalue weighted by atomic mass is 16.6. The Balaban J connectivity index is 1.92. The zero-order valence-electron chi connectivity index (χ0n) is 9.74. The fraction of sp³-hybridized carbons (Fsp3) is 0.231. The standard InChI is InChI=1S/C13H13NO4/c1-2-11-12(15)18-9-14(11)13(16)17-8-10-6-4-3-5-7-10/h2-7,11H,1,8-9H2/t11-/m0/s1. The molecule has 2 rings (SSSR count). The monoisotopic (exact) mass is 247 g/mol. The average molecular weight is 247 g/mol. The summed E-state index contributed by atoms with van der Waals surface area (Å²) >= 11 is 0. The number of rotatable bonds is 3. The maximum absolute atomic E-state index is 11.8. The minimum atomic E-state index is -0.756. The molecule has 1 aromatic carbocycles. The quantitative estimate of drug-likeness (QED) is 0.602. The second-order valence-corrected chi connectivity index (χ2v) is 3.78. The minimum Gasteiger partial charge on any atom is -0.444 e. The highest BCUT2D eigenvalue weighted by Gasteiger charge is 2.36. The Labute approximate surface area is 105 Å². The van der Waals surface area contributed by atoms with E-state index in [-0.39, 0.29) is 13.3 Å². The van der Waals surface area contributed by atoms with E-state index in [9.17, 15) is 9.59 Å². The zero-order valence-corrected chi connectivity index (χ0v) is 9.74. The van der Waals surface area contributed by atoms with Crippen molar-refractivity contribution >= 4 is 12.1 Å². The predicted molar refractivity (Wildman–Crippen MR) is 63.4 cm³/mol. The summed E-state index contributed by atoms with van der Waals surface area (Å²) < 4.78 is 9.86. The number of benzene rings is 1. The molecule has 1 fully saturated rings. The van der Waals surface area contributed by atoms with Gasteiger partial charge in [0.05, 0.1) is 0 Å². The molecule has 1 heterocycles. The van der Waals surface area contributed by atoms with Crippen molar-refractivity contribution in [1.29, 1.82) is 0 Å². The van der Waals surface area contributed by atoms with Gasteiger partial charge in [-0.25, -0.2) is 9.59 Å². The van der Waals surface area contributed by atoms with Crippen LogP contribution in [0.2, 0.25) is 0 Å². The van der Waals surface area contributed by atoms with Crippen LogP contribution in [0.25, 0.3) is 0 Å². The van der Waals surface area contributed by atoms with Gasteiger partial charge in [-0.2, -0.15) is 0 Å². The highest BCUT2D eigenvalue weighted by Crippen LogP contribution is 2.14. The number of carbonyl (C=O) groups excluding carboxylic acids is 2. The smallest absolute Gasteiger partial charge is 0.413 e. The second kappa shape index (κ2) is 5.35. The minimum absolute atomic E-state index is 0.0941. The summed E-state index contributed by atoms with van der Waals surface area (Å²) in [6.07, 6.45) is 0.772. The van der Waals surface area contributed by atoms with Crippen molar-refractivity contribution in [1.82, 2.24) is 4.90 Å². The number of cyclic esters (lactones) is 1. The summed E-state index contributed by atoms with van der Waals surface area (Å²) in [5.74, 6) is -0.485. The van der Waals surface area contributed by atoms with E-state index in [1.807, 2.05) is 30.3 Å². The van der Waals surface area contributed by atoms with Crippen LogP contribution in [-0.2, 0) is 20.9 Å². The van der Waals surface area contributed by atoms with Crippen LogP contribution in [-0.4, -0.2) is 29.7 Å². The lowest BCUT2D eigenvalue weighted by molar-refractivity contribution is -0.138. The molecule has 0 bridgehead atoms. The van der Waals surface area contributed by atoms with Gasteiger partial charge in [-0.1, -0.05) is 36.4 Å². The molecule has 0 unspecified atom stereocenters. The van der Waals surface area contributed by atoms with Crippen LogP contribution in [0.3, 0.4) is 0 Å². The fourth-order valence-electron chi connectivity index (χ4n) is 1.62. The molecule has 0 aliphatic carbocycles. The van der Waals surface area contributed by atoms with E-state index in [1.54, 1.807) is 0 Å². The zero-order chi connectivity index (χ0) is 13.0. The summed E-state index contributed by atoms with van der Waals surface area (Å²) in [5.41, 5.74) is 0.882. The third-order valence-corrected chi connectivity index (χ3v) is 2.59. The third-order valence-electron chi connectivity index (χ3n) is 2.59. The molecular formula is C13H13NO4. The Kier molecular flexibility index (Phi) is 3.62. The first kappa shape index (κ1) is 12.2. The molecule has 1 amide bonds. The van der Waals surface area contributed by atoms with Crippen LogP contribution in [0.5, 0.6) is 0 Å². The van der Waals surface area contributed by atoms with Crippen molar-refractivity contribution < 1.29 is 19.1 Å². The summed E-state index contributed by atoms with van der Waals surface area (Å²) in [7, 11) is 0. The van der Waals surface area contributed by atoms with E-state index in [0.29, 0.717) is 0 Å². The van der Waals surface area contributed by atoms with Crippen LogP contribution >= 0.6 is 0 Å². The fourth-order valence-corrected chi connectivity index (χ4v) is 1.62. The van der Waals surface area contributed by atoms with Crippen molar-refractivity contribution in [3.63, 3.8) is 0 Å². The molecule has 0 saturated carbocycles. The van der Waals surface area contributed by atoms with Gasteiger partial charge in [0.15, 0.2) is 12.8 Å². The third kappa shape index (κ3) is 2.51. The number of hydrogen-bond acceptors (Lipinski definition) is 4. The molecular weight excluding hydrogens is 234 g/mol. The lowest BCUT2D eigenvalue weighted by Crippen LogP contribution is -2.37. The largest absolute Gasteiger partial charge is 0.444 e. The first-order chi connectivity index (χ1) is 8.72. The summed E-state index contributed by atoms with van der Waals surface area (Å²) in [6.45, 7) is 3.56. The van der Waals surface area contributed by atoms with E-state index < -0.39 is 18.1 Å². The van der Waals surface area contributed by atoms with Crippen molar-refractivity contribution in [3.05, 3.63) is 48.6 Å². The number of amides is 1. The number of nitrogens with zero attached hydrogens (tertiary/aromatic N) is 1. The van der Waals surface area contributed by atoms with E-state index in [0.717, 1.165) is 5.56 Å². The highest BCUT2D eigenvalue weighted by molar-refractivity contribution is 5.85. The topological polar surface area (TPSA) is 55.8 Å². The van der Waals surface area contributed by atoms with Crippen LogP contribution in [0.15, 0.2) is 43.0 Å². The van der Waals surface area contributed by atoms with Crippen LogP contribution < -0.4 is 0 Å². The van der Waals surface area contributed by atoms with Gasteiger partial charge in [-0.05, 0) is 5.56 Å². The molecule has 5 heteroatoms. The lowest BCUT2D eigenvalue weighted by atomic mass is 10.2. The van der Waals surface area contributed by atoms with Crippen LogP contribution in [0.1, 0.15) is 5.56 Å². The Morgan fingerprint density at radius 3 is 2.89 bits per heavy atom. The SMILES string of the molecule is C=C[C@H]1C(=O)OCN1C(=O)OCc1ccccc1. The van der Waals surface area contributed by atoms with E-state index in [1.165, 1.54) is 11.0 Å². The summed E-state index contributed by atoms with van der Waals surface area (Å²) in [6, 6.07) is 8.55. The molecule has 1 atom stereocenters. The average Bonchev–Trinajstić information content (AvgIpc) is 2.78. The molecule has 0 spiro atoms. The van der Waals surface area contributed by atoms with E-state index in [2.05, 4.69) is 6.58 Å². The van der Waals surface area contributed by atoms with E-state index >= 15 is 0 Å². The number of hydrogen-bond donors (Lipinski definition) is 0. The molecule has 0 aromatic heterocycles. The first-order valence-corrected chi connectivity index (χ1v) is 5.49. The van der Waals surface area contributed by atoms with Crippen molar-refractivity contribution in [2.45, 2.75) is 12.6 Å². The van der Waals surface area contributed by atoms with Gasteiger partial charge < -0.3 is 9.47 Å². The first-order valence-electron chi connectivity index (χ1n) is 5.49. The van der Waals surface area contributed by atoms with Gasteiger partial charge in [-0.3, -0.25) is 4.90 Å². The number of carbonyl (C=O) groups is 2. The molecule has 1 aliphatic heterocycles. The molecule has 0 N–H and O–H groups in total. The van der Waals surface area contributed by atoms with Crippen molar-refractivity contribution in [2.75, 3.05) is 6.73 Å². The summed E-state index contributed by atoms with van der Waals surface area (Å²) in [4.78, 5) is 24.2. The number of esters is 1.